The Balaban J connectivity index is -0.000000127. The van der Waals surface area contributed by atoms with Gasteiger partial charge in [0.25, 0.3) is 0 Å². The van der Waals surface area contributed by atoms with Crippen LogP contribution in [-0.2, 0) is 48.1 Å². The molecular formula is C26H28Br2N4O8V2-10. The maximum absolute atomic E-state index is 11.6. The predicted molar refractivity (Wildman–Crippen MR) is 148 cm³/mol. The third-order valence-corrected chi connectivity index (χ3v) is 4.66. The SMILES string of the molecule is C/C([O-])=C/C(C)=N/N=C(\[O-])c1ccc(Br)cc1.C/C([O-])=C/C(C)=N/N=C(\[O-])c1ccc(Br)cc1.C[O-].C[O-].[O-2].[O-2].[V].[V]. The molecule has 0 spiro atoms. The summed E-state index contributed by atoms with van der Waals surface area (Å²) in [5.74, 6) is -1.13. The van der Waals surface area contributed by atoms with Crippen molar-refractivity contribution in [2.45, 2.75) is 27.7 Å². The van der Waals surface area contributed by atoms with E-state index in [0.717, 1.165) is 23.2 Å². The Bertz CT molecular complexity index is 1060. The van der Waals surface area contributed by atoms with Crippen molar-refractivity contribution in [3.8, 4) is 0 Å². The fourth-order valence-electron chi connectivity index (χ4n) is 2.20. The van der Waals surface area contributed by atoms with Crippen molar-refractivity contribution in [2.75, 3.05) is 14.2 Å². The fourth-order valence-corrected chi connectivity index (χ4v) is 2.72. The summed E-state index contributed by atoms with van der Waals surface area (Å²) in [6, 6.07) is 13.6. The summed E-state index contributed by atoms with van der Waals surface area (Å²) in [4.78, 5) is 0. The number of benzene rings is 2. The van der Waals surface area contributed by atoms with Gasteiger partial charge in [0.2, 0.25) is 0 Å². The van der Waals surface area contributed by atoms with Crippen LogP contribution in [0.3, 0.4) is 0 Å². The number of nitrogens with zero attached hydrogens (tertiary/aromatic N) is 4. The van der Waals surface area contributed by atoms with Crippen LogP contribution in [0.4, 0.5) is 0 Å². The summed E-state index contributed by atoms with van der Waals surface area (Å²) in [5.41, 5.74) is 1.71. The molecule has 234 valence electrons. The van der Waals surface area contributed by atoms with Crippen LogP contribution in [-0.4, -0.2) is 37.4 Å². The van der Waals surface area contributed by atoms with Gasteiger partial charge in [-0.25, -0.2) is 0 Å². The summed E-state index contributed by atoms with van der Waals surface area (Å²) in [5, 5.41) is 75.5. The van der Waals surface area contributed by atoms with Gasteiger partial charge in [-0.3, -0.25) is 0 Å². The second kappa shape index (κ2) is 31.7. The van der Waals surface area contributed by atoms with E-state index >= 15 is 0 Å². The van der Waals surface area contributed by atoms with Crippen molar-refractivity contribution in [3.05, 3.63) is 92.3 Å². The van der Waals surface area contributed by atoms with E-state index in [1.165, 1.54) is 26.0 Å². The van der Waals surface area contributed by atoms with Crippen molar-refractivity contribution >= 4 is 55.1 Å². The Kier molecular flexibility index (Phi) is 39.6. The van der Waals surface area contributed by atoms with Crippen LogP contribution in [0.1, 0.15) is 38.8 Å². The van der Waals surface area contributed by atoms with Crippen LogP contribution < -0.4 is 30.6 Å². The third-order valence-electron chi connectivity index (χ3n) is 3.60. The molecule has 0 atom stereocenters. The van der Waals surface area contributed by atoms with Gasteiger partial charge in [-0.2, -0.15) is 34.6 Å². The molecule has 0 saturated heterocycles. The van der Waals surface area contributed by atoms with Gasteiger partial charge >= 0.3 is 0 Å². The summed E-state index contributed by atoms with van der Waals surface area (Å²) < 4.78 is 1.78. The Morgan fingerprint density at radius 2 is 0.762 bits per heavy atom. The Hall–Kier alpha value is -2.23. The molecule has 16 heteroatoms. The van der Waals surface area contributed by atoms with Gasteiger partial charge < -0.3 is 41.6 Å². The molecule has 0 N–H and O–H groups in total. The Morgan fingerprint density at radius 3 is 0.976 bits per heavy atom. The summed E-state index contributed by atoms with van der Waals surface area (Å²) in [6.07, 6.45) is 2.64. The maximum atomic E-state index is 11.6. The number of hydrogen-bond donors (Lipinski definition) is 0. The van der Waals surface area contributed by atoms with Gasteiger partial charge in [0.05, 0.1) is 11.4 Å². The van der Waals surface area contributed by atoms with E-state index in [4.69, 9.17) is 10.2 Å². The predicted octanol–water partition coefficient (Wildman–Crippen LogP) is 0.102. The van der Waals surface area contributed by atoms with Crippen LogP contribution in [0.25, 0.3) is 0 Å². The molecule has 0 aliphatic heterocycles. The standard InChI is InChI=1S/2C12H13BrN2O2.2CH3O.2O.2V/c2*1-8(7-9(2)16)14-15-12(17)10-3-5-11(13)6-4-10;2*1-2;;;;/h2*3-7,16H,1-2H3,(H,15,17);2*1H3;;;;/q;;2*-1;2*-2;;/p-4/b2*9-7-,14-8+;;;;;;. The molecule has 0 aliphatic rings. The van der Waals surface area contributed by atoms with Gasteiger partial charge in [0.15, 0.2) is 0 Å². The molecule has 0 fully saturated rings. The molecule has 0 amide bonds. The summed E-state index contributed by atoms with van der Waals surface area (Å²) in [6.45, 7) is 6.05. The zero-order chi connectivity index (χ0) is 29.7. The number of rotatable bonds is 6. The van der Waals surface area contributed by atoms with E-state index in [1.807, 2.05) is 0 Å². The van der Waals surface area contributed by atoms with E-state index in [1.54, 1.807) is 62.4 Å². The fraction of sp³-hybridized carbons (Fsp3) is 0.231. The Labute approximate surface area is 286 Å². The number of allylic oxidation sites excluding steroid dienone is 4. The molecule has 42 heavy (non-hydrogen) atoms. The van der Waals surface area contributed by atoms with E-state index in [9.17, 15) is 20.4 Å². The minimum absolute atomic E-state index is 0. The first-order valence-electron chi connectivity index (χ1n) is 10.6. The van der Waals surface area contributed by atoms with Gasteiger partial charge in [-0.05, 0) is 49.2 Å². The monoisotopic (exact) mass is 784 g/mol. The first kappa shape index (κ1) is 52.4. The minimum Gasteiger partial charge on any atom is -2.00 e. The first-order chi connectivity index (χ1) is 18.0. The van der Waals surface area contributed by atoms with Crippen molar-refractivity contribution in [2.24, 2.45) is 20.4 Å². The molecule has 0 heterocycles. The van der Waals surface area contributed by atoms with Gasteiger partial charge in [0, 0.05) is 57.9 Å². The van der Waals surface area contributed by atoms with Crippen LogP contribution in [0.15, 0.2) is 102 Å². The van der Waals surface area contributed by atoms with Crippen molar-refractivity contribution in [1.82, 2.24) is 0 Å². The number of halogens is 2. The van der Waals surface area contributed by atoms with Crippen molar-refractivity contribution in [1.29, 1.82) is 0 Å². The van der Waals surface area contributed by atoms with Crippen LogP contribution in [0.2, 0.25) is 0 Å². The molecule has 2 aromatic rings. The molecule has 12 nitrogen and oxygen atoms in total. The molecular weight excluding hydrogens is 758 g/mol. The second-order valence-electron chi connectivity index (χ2n) is 6.82. The molecule has 2 rings (SSSR count). The summed E-state index contributed by atoms with van der Waals surface area (Å²) in [7, 11) is 1.50. The summed E-state index contributed by atoms with van der Waals surface area (Å²) >= 11 is 6.54. The smallest absolute Gasteiger partial charge is 0.0590 e. The molecule has 0 unspecified atom stereocenters. The quantitative estimate of drug-likeness (QED) is 0.170. The minimum atomic E-state index is -0.436. The maximum Gasteiger partial charge on any atom is 0.0590 e. The van der Waals surface area contributed by atoms with E-state index in [0.29, 0.717) is 22.6 Å². The first-order valence-corrected chi connectivity index (χ1v) is 12.2. The van der Waals surface area contributed by atoms with Crippen LogP contribution >= 0.6 is 31.9 Å². The van der Waals surface area contributed by atoms with Crippen LogP contribution in [0.5, 0.6) is 0 Å². The molecule has 2 radical (unpaired) electrons. The van der Waals surface area contributed by atoms with E-state index in [-0.39, 0.29) is 59.6 Å². The molecule has 0 bridgehead atoms. The third kappa shape index (κ3) is 26.7. The normalized spacial score (nSPS) is 11.6. The van der Waals surface area contributed by atoms with Gasteiger partial charge in [-0.15, -0.1) is 11.5 Å². The van der Waals surface area contributed by atoms with E-state index in [2.05, 4.69) is 52.3 Å². The average Bonchev–Trinajstić information content (AvgIpc) is 2.88. The van der Waals surface area contributed by atoms with Gasteiger partial charge in [-0.1, -0.05) is 82.1 Å². The van der Waals surface area contributed by atoms with E-state index < -0.39 is 11.8 Å². The van der Waals surface area contributed by atoms with Crippen molar-refractivity contribution in [3.63, 3.8) is 0 Å². The van der Waals surface area contributed by atoms with Gasteiger partial charge in [0.1, 0.15) is 0 Å². The van der Waals surface area contributed by atoms with Crippen molar-refractivity contribution < 1.29 is 78.7 Å². The molecule has 0 saturated carbocycles. The van der Waals surface area contributed by atoms with Crippen LogP contribution in [0, 0.1) is 0 Å². The molecule has 0 aliphatic carbocycles. The zero-order valence-electron chi connectivity index (χ0n) is 23.5. The largest absolute Gasteiger partial charge is 2.00 e. The Morgan fingerprint density at radius 1 is 0.524 bits per heavy atom. The topological polar surface area (TPSA) is 245 Å². The average molecular weight is 786 g/mol. The zero-order valence-corrected chi connectivity index (χ0v) is 29.4. The number of hydrogen-bond acceptors (Lipinski definition) is 10. The second-order valence-corrected chi connectivity index (χ2v) is 8.65. The molecule has 2 aromatic carbocycles. The molecule has 0 aromatic heterocycles.